The number of rotatable bonds is 4. The Morgan fingerprint density at radius 1 is 1.43 bits per heavy atom. The second-order valence-corrected chi connectivity index (χ2v) is 5.15. The summed E-state index contributed by atoms with van der Waals surface area (Å²) in [6, 6.07) is 5.47. The minimum atomic E-state index is -0.255. The fourth-order valence-electron chi connectivity index (χ4n) is 1.80. The van der Waals surface area contributed by atoms with Crippen LogP contribution in [-0.2, 0) is 6.54 Å². The van der Waals surface area contributed by atoms with E-state index >= 15 is 0 Å². The number of anilines is 1. The summed E-state index contributed by atoms with van der Waals surface area (Å²) in [5.74, 6) is -0.255. The molecule has 3 heterocycles. The molecular formula is C14H13N5OS. The molecule has 0 atom stereocenters. The van der Waals surface area contributed by atoms with Gasteiger partial charge in [0, 0.05) is 36.1 Å². The average molecular weight is 299 g/mol. The van der Waals surface area contributed by atoms with E-state index in [9.17, 15) is 4.79 Å². The number of hydrogen-bond donors (Lipinski definition) is 1. The molecular weight excluding hydrogens is 286 g/mol. The molecule has 1 N–H and O–H groups in total. The van der Waals surface area contributed by atoms with E-state index in [1.54, 1.807) is 29.3 Å². The summed E-state index contributed by atoms with van der Waals surface area (Å²) in [4.78, 5) is 20.5. The number of thiazole rings is 1. The van der Waals surface area contributed by atoms with Gasteiger partial charge in [0.1, 0.15) is 0 Å². The number of nitrogens with zero attached hydrogens (tertiary/aromatic N) is 4. The van der Waals surface area contributed by atoms with Crippen molar-refractivity contribution in [3.05, 3.63) is 47.9 Å². The molecule has 0 unspecified atom stereocenters. The first-order valence-electron chi connectivity index (χ1n) is 6.47. The van der Waals surface area contributed by atoms with E-state index in [1.165, 1.54) is 11.3 Å². The molecule has 21 heavy (non-hydrogen) atoms. The van der Waals surface area contributed by atoms with Crippen LogP contribution >= 0.6 is 11.3 Å². The van der Waals surface area contributed by atoms with Crippen LogP contribution in [0.15, 0.2) is 42.2 Å². The SMILES string of the molecule is CCn1ccc(C(=O)Nc2nc(-c3cccnc3)cs2)n1. The molecule has 3 rings (SSSR count). The zero-order valence-corrected chi connectivity index (χ0v) is 12.2. The van der Waals surface area contributed by atoms with Crippen molar-refractivity contribution in [3.8, 4) is 11.3 Å². The average Bonchev–Trinajstić information content (AvgIpc) is 3.17. The van der Waals surface area contributed by atoms with Gasteiger partial charge in [-0.3, -0.25) is 19.8 Å². The molecule has 0 radical (unpaired) electrons. The van der Waals surface area contributed by atoms with Crippen molar-refractivity contribution in [1.82, 2.24) is 19.7 Å². The molecule has 0 aliphatic rings. The first-order chi connectivity index (χ1) is 10.3. The molecule has 0 fully saturated rings. The Morgan fingerprint density at radius 2 is 2.33 bits per heavy atom. The highest BCUT2D eigenvalue weighted by molar-refractivity contribution is 7.14. The molecule has 3 aromatic rings. The smallest absolute Gasteiger partial charge is 0.277 e. The normalized spacial score (nSPS) is 10.5. The lowest BCUT2D eigenvalue weighted by atomic mass is 10.2. The number of amides is 1. The van der Waals surface area contributed by atoms with Gasteiger partial charge in [-0.25, -0.2) is 4.98 Å². The maximum absolute atomic E-state index is 12.1. The monoisotopic (exact) mass is 299 g/mol. The quantitative estimate of drug-likeness (QED) is 0.804. The number of aryl methyl sites for hydroxylation is 1. The fraction of sp³-hybridized carbons (Fsp3) is 0.143. The van der Waals surface area contributed by atoms with E-state index in [4.69, 9.17) is 0 Å². The van der Waals surface area contributed by atoms with Crippen LogP contribution in [0.4, 0.5) is 5.13 Å². The van der Waals surface area contributed by atoms with Crippen molar-refractivity contribution < 1.29 is 4.79 Å². The van der Waals surface area contributed by atoms with Gasteiger partial charge in [0.25, 0.3) is 5.91 Å². The van der Waals surface area contributed by atoms with Crippen LogP contribution < -0.4 is 5.32 Å². The molecule has 106 valence electrons. The van der Waals surface area contributed by atoms with Gasteiger partial charge < -0.3 is 0 Å². The molecule has 0 spiro atoms. The van der Waals surface area contributed by atoms with E-state index in [-0.39, 0.29) is 5.91 Å². The van der Waals surface area contributed by atoms with Crippen molar-refractivity contribution in [2.45, 2.75) is 13.5 Å². The van der Waals surface area contributed by atoms with Crippen molar-refractivity contribution in [3.63, 3.8) is 0 Å². The van der Waals surface area contributed by atoms with Crippen LogP contribution in [-0.4, -0.2) is 25.7 Å². The van der Waals surface area contributed by atoms with E-state index < -0.39 is 0 Å². The number of nitrogens with one attached hydrogen (secondary N) is 1. The predicted molar refractivity (Wildman–Crippen MR) is 81.2 cm³/mol. The van der Waals surface area contributed by atoms with Gasteiger partial charge in [0.2, 0.25) is 0 Å². The number of aromatic nitrogens is 4. The first kappa shape index (κ1) is 13.4. The van der Waals surface area contributed by atoms with Gasteiger partial charge in [-0.1, -0.05) is 0 Å². The molecule has 7 heteroatoms. The topological polar surface area (TPSA) is 72.7 Å². The predicted octanol–water partition coefficient (Wildman–Crippen LogP) is 2.67. The van der Waals surface area contributed by atoms with Crippen LogP contribution in [0.25, 0.3) is 11.3 Å². The number of pyridine rings is 1. The third-order valence-corrected chi connectivity index (χ3v) is 3.64. The number of hydrogen-bond acceptors (Lipinski definition) is 5. The third kappa shape index (κ3) is 2.97. The van der Waals surface area contributed by atoms with Crippen molar-refractivity contribution in [2.24, 2.45) is 0 Å². The zero-order chi connectivity index (χ0) is 14.7. The van der Waals surface area contributed by atoms with E-state index in [2.05, 4.69) is 20.4 Å². The van der Waals surface area contributed by atoms with Gasteiger partial charge >= 0.3 is 0 Å². The van der Waals surface area contributed by atoms with Gasteiger partial charge in [0.05, 0.1) is 5.69 Å². The highest BCUT2D eigenvalue weighted by atomic mass is 32.1. The molecule has 0 saturated carbocycles. The zero-order valence-electron chi connectivity index (χ0n) is 11.4. The van der Waals surface area contributed by atoms with Gasteiger partial charge in [0.15, 0.2) is 10.8 Å². The minimum Gasteiger partial charge on any atom is -0.296 e. The lowest BCUT2D eigenvalue weighted by molar-refractivity contribution is 0.102. The highest BCUT2D eigenvalue weighted by Gasteiger charge is 2.12. The number of carbonyl (C=O) groups excluding carboxylic acids is 1. The number of carbonyl (C=O) groups is 1. The van der Waals surface area contributed by atoms with Crippen LogP contribution in [0.1, 0.15) is 17.4 Å². The molecule has 0 aromatic carbocycles. The summed E-state index contributed by atoms with van der Waals surface area (Å²) in [6.45, 7) is 2.70. The Labute approximate surface area is 125 Å². The van der Waals surface area contributed by atoms with Crippen LogP contribution in [0.3, 0.4) is 0 Å². The lowest BCUT2D eigenvalue weighted by Gasteiger charge is -1.98. The van der Waals surface area contributed by atoms with Gasteiger partial charge in [-0.2, -0.15) is 5.10 Å². The molecule has 0 aliphatic heterocycles. The molecule has 0 saturated heterocycles. The molecule has 0 aliphatic carbocycles. The summed E-state index contributed by atoms with van der Waals surface area (Å²) >= 11 is 1.37. The second-order valence-electron chi connectivity index (χ2n) is 4.29. The van der Waals surface area contributed by atoms with E-state index in [1.807, 2.05) is 24.4 Å². The van der Waals surface area contributed by atoms with E-state index in [0.29, 0.717) is 10.8 Å². The standard InChI is InChI=1S/C14H13N5OS/c1-2-19-7-5-11(18-19)13(20)17-14-16-12(9-21-14)10-4-3-6-15-8-10/h3-9H,2H2,1H3,(H,16,17,20). The van der Waals surface area contributed by atoms with Crippen molar-refractivity contribution in [2.75, 3.05) is 5.32 Å². The van der Waals surface area contributed by atoms with E-state index in [0.717, 1.165) is 17.8 Å². The summed E-state index contributed by atoms with van der Waals surface area (Å²) in [5.41, 5.74) is 2.10. The molecule has 3 aromatic heterocycles. The molecule has 0 bridgehead atoms. The second kappa shape index (κ2) is 5.84. The first-order valence-corrected chi connectivity index (χ1v) is 7.35. The summed E-state index contributed by atoms with van der Waals surface area (Å²) < 4.78 is 1.71. The summed E-state index contributed by atoms with van der Waals surface area (Å²) in [5, 5.41) is 9.35. The maximum atomic E-state index is 12.1. The fourth-order valence-corrected chi connectivity index (χ4v) is 2.51. The highest BCUT2D eigenvalue weighted by Crippen LogP contribution is 2.24. The lowest BCUT2D eigenvalue weighted by Crippen LogP contribution is -2.13. The van der Waals surface area contributed by atoms with Crippen molar-refractivity contribution in [1.29, 1.82) is 0 Å². The molecule has 1 amide bonds. The van der Waals surface area contributed by atoms with Crippen LogP contribution in [0.5, 0.6) is 0 Å². The van der Waals surface area contributed by atoms with Gasteiger partial charge in [-0.05, 0) is 25.1 Å². The van der Waals surface area contributed by atoms with Crippen molar-refractivity contribution >= 4 is 22.4 Å². The Hall–Kier alpha value is -2.54. The van der Waals surface area contributed by atoms with Crippen LogP contribution in [0.2, 0.25) is 0 Å². The maximum Gasteiger partial charge on any atom is 0.277 e. The minimum absolute atomic E-state index is 0.255. The van der Waals surface area contributed by atoms with Crippen LogP contribution in [0, 0.1) is 0 Å². The Morgan fingerprint density at radius 3 is 3.05 bits per heavy atom. The largest absolute Gasteiger partial charge is 0.296 e. The Kier molecular flexibility index (Phi) is 3.74. The Balaban J connectivity index is 1.74. The van der Waals surface area contributed by atoms with Gasteiger partial charge in [-0.15, -0.1) is 11.3 Å². The summed E-state index contributed by atoms with van der Waals surface area (Å²) in [7, 11) is 0. The summed E-state index contributed by atoms with van der Waals surface area (Å²) in [6.07, 6.45) is 5.23. The molecule has 6 nitrogen and oxygen atoms in total. The third-order valence-electron chi connectivity index (χ3n) is 2.88. The Bertz CT molecular complexity index is 750.